The van der Waals surface area contributed by atoms with Crippen molar-refractivity contribution < 1.29 is 0 Å². The van der Waals surface area contributed by atoms with Crippen molar-refractivity contribution in [3.05, 3.63) is 0 Å². The van der Waals surface area contributed by atoms with Gasteiger partial charge in [-0.25, -0.2) is 0 Å². The normalized spacial score (nSPS) is 8.29. The molecule has 3 heteroatoms. The van der Waals surface area contributed by atoms with Crippen LogP contribution in [0.5, 0.6) is 0 Å². The predicted octanol–water partition coefficient (Wildman–Crippen LogP) is -0.118. The van der Waals surface area contributed by atoms with Crippen LogP contribution >= 0.6 is 12.2 Å². The molecule has 0 saturated heterocycles. The second-order valence-electron chi connectivity index (χ2n) is 1.27. The van der Waals surface area contributed by atoms with Gasteiger partial charge in [0.05, 0.1) is 4.99 Å². The van der Waals surface area contributed by atoms with Crippen LogP contribution in [0.25, 0.3) is 0 Å². The van der Waals surface area contributed by atoms with Crippen molar-refractivity contribution in [2.24, 2.45) is 5.73 Å². The minimum atomic E-state index is 0.647. The van der Waals surface area contributed by atoms with E-state index in [9.17, 15) is 0 Å². The van der Waals surface area contributed by atoms with E-state index >= 15 is 0 Å². The maximum Gasteiger partial charge on any atom is 0.0722 e. The molecule has 0 spiro atoms. The summed E-state index contributed by atoms with van der Waals surface area (Å²) in [5.74, 6) is 0. The van der Waals surface area contributed by atoms with Gasteiger partial charge in [0, 0.05) is 13.1 Å². The first-order valence-corrected chi connectivity index (χ1v) is 2.62. The average Bonchev–Trinajstić information content (AvgIpc) is 1.61. The number of rotatable bonds is 2. The summed E-state index contributed by atoms with van der Waals surface area (Å²) in [6, 6.07) is 0. The van der Waals surface area contributed by atoms with Crippen molar-refractivity contribution >= 4 is 17.2 Å². The molecule has 2 nitrogen and oxygen atoms in total. The lowest BCUT2D eigenvalue weighted by atomic mass is 10.6. The molecule has 0 aliphatic heterocycles. The molecule has 0 unspecified atom stereocenters. The van der Waals surface area contributed by atoms with Gasteiger partial charge in [0.25, 0.3) is 0 Å². The highest BCUT2D eigenvalue weighted by Crippen LogP contribution is 1.62. The molecule has 0 aromatic rings. The van der Waals surface area contributed by atoms with Crippen LogP contribution in [0.4, 0.5) is 0 Å². The second-order valence-corrected chi connectivity index (χ2v) is 1.88. The molecule has 0 heterocycles. The summed E-state index contributed by atoms with van der Waals surface area (Å²) >= 11 is 4.69. The fourth-order valence-corrected chi connectivity index (χ4v) is 0.350. The summed E-state index contributed by atoms with van der Waals surface area (Å²) in [5.41, 5.74) is 5.15. The Kier molecular flexibility index (Phi) is 3.93. The first kappa shape index (κ1) is 6.85. The Balaban J connectivity index is 2.82. The molecular formula is C4H10N2S. The van der Waals surface area contributed by atoms with Crippen LogP contribution in [-0.2, 0) is 0 Å². The summed E-state index contributed by atoms with van der Waals surface area (Å²) in [5, 5.41) is 2.90. The maximum atomic E-state index is 5.15. The maximum absolute atomic E-state index is 5.15. The third-order valence-electron chi connectivity index (χ3n) is 0.518. The average molecular weight is 118 g/mol. The molecule has 3 N–H and O–H groups in total. The zero-order chi connectivity index (χ0) is 5.70. The first-order valence-electron chi connectivity index (χ1n) is 2.22. The zero-order valence-electron chi connectivity index (χ0n) is 4.40. The van der Waals surface area contributed by atoms with Gasteiger partial charge in [-0.1, -0.05) is 12.2 Å². The topological polar surface area (TPSA) is 38.0 Å². The van der Waals surface area contributed by atoms with Gasteiger partial charge in [-0.2, -0.15) is 0 Å². The fourth-order valence-electron chi connectivity index (χ4n) is 0.248. The Labute approximate surface area is 49.1 Å². The number of thiocarbonyl (C=S) groups is 1. The van der Waals surface area contributed by atoms with Gasteiger partial charge < -0.3 is 11.1 Å². The molecule has 0 aliphatic rings. The molecule has 0 aliphatic carbocycles. The third-order valence-corrected chi connectivity index (χ3v) is 0.663. The number of nitrogens with one attached hydrogen (secondary N) is 1. The zero-order valence-corrected chi connectivity index (χ0v) is 5.22. The van der Waals surface area contributed by atoms with E-state index < -0.39 is 0 Å². The minimum absolute atomic E-state index is 0.647. The second kappa shape index (κ2) is 4.02. The molecule has 0 saturated carbocycles. The standard InChI is InChI=1S/C4H10N2S/c1-4(7)6-3-2-5/h2-3,5H2,1H3,(H,6,7). The van der Waals surface area contributed by atoms with E-state index in [0.29, 0.717) is 6.54 Å². The quantitative estimate of drug-likeness (QED) is 0.496. The first-order chi connectivity index (χ1) is 3.27. The van der Waals surface area contributed by atoms with Gasteiger partial charge in [0.1, 0.15) is 0 Å². The molecular weight excluding hydrogens is 108 g/mol. The van der Waals surface area contributed by atoms with E-state index in [4.69, 9.17) is 18.0 Å². The van der Waals surface area contributed by atoms with Gasteiger partial charge in [-0.15, -0.1) is 0 Å². The smallest absolute Gasteiger partial charge is 0.0722 e. The number of hydrogen-bond acceptors (Lipinski definition) is 2. The summed E-state index contributed by atoms with van der Waals surface area (Å²) < 4.78 is 0. The Morgan fingerprint density at radius 2 is 2.43 bits per heavy atom. The van der Waals surface area contributed by atoms with Crippen molar-refractivity contribution in [3.8, 4) is 0 Å². The van der Waals surface area contributed by atoms with Crippen LogP contribution in [0.1, 0.15) is 6.92 Å². The van der Waals surface area contributed by atoms with Crippen molar-refractivity contribution in [1.29, 1.82) is 0 Å². The highest BCUT2D eigenvalue weighted by Gasteiger charge is 1.78. The summed E-state index contributed by atoms with van der Waals surface area (Å²) in [7, 11) is 0. The lowest BCUT2D eigenvalue weighted by molar-refractivity contribution is 0.882. The highest BCUT2D eigenvalue weighted by molar-refractivity contribution is 7.80. The molecule has 0 rings (SSSR count). The summed E-state index contributed by atoms with van der Waals surface area (Å²) in [6.07, 6.45) is 0. The molecule has 0 aromatic carbocycles. The van der Waals surface area contributed by atoms with Crippen LogP contribution < -0.4 is 11.1 Å². The Morgan fingerprint density at radius 3 is 2.57 bits per heavy atom. The predicted molar refractivity (Wildman–Crippen MR) is 35.3 cm³/mol. The van der Waals surface area contributed by atoms with Gasteiger partial charge >= 0.3 is 0 Å². The van der Waals surface area contributed by atoms with Crippen LogP contribution in [0, 0.1) is 0 Å². The molecule has 0 bridgehead atoms. The van der Waals surface area contributed by atoms with Crippen LogP contribution in [0.2, 0.25) is 0 Å². The van der Waals surface area contributed by atoms with Gasteiger partial charge in [0.2, 0.25) is 0 Å². The fraction of sp³-hybridized carbons (Fsp3) is 0.750. The molecule has 0 fully saturated rings. The Hall–Kier alpha value is -0.150. The SMILES string of the molecule is CC(=S)NCCN. The van der Waals surface area contributed by atoms with Crippen molar-refractivity contribution in [1.82, 2.24) is 5.32 Å². The molecule has 0 aromatic heterocycles. The summed E-state index contributed by atoms with van der Waals surface area (Å²) in [6.45, 7) is 3.27. The lowest BCUT2D eigenvalue weighted by Gasteiger charge is -1.96. The van der Waals surface area contributed by atoms with E-state index in [0.717, 1.165) is 11.5 Å². The van der Waals surface area contributed by atoms with Gasteiger partial charge in [-0.05, 0) is 6.92 Å². The molecule has 0 radical (unpaired) electrons. The molecule has 7 heavy (non-hydrogen) atoms. The lowest BCUT2D eigenvalue weighted by Crippen LogP contribution is -2.25. The van der Waals surface area contributed by atoms with E-state index in [1.54, 1.807) is 0 Å². The Bertz CT molecular complexity index is 62.7. The molecule has 0 amide bonds. The monoisotopic (exact) mass is 118 g/mol. The summed E-state index contributed by atoms with van der Waals surface area (Å²) in [4.78, 5) is 0.811. The molecule has 42 valence electrons. The molecule has 0 atom stereocenters. The number of hydrogen-bond donors (Lipinski definition) is 2. The van der Waals surface area contributed by atoms with Crippen molar-refractivity contribution in [3.63, 3.8) is 0 Å². The minimum Gasteiger partial charge on any atom is -0.379 e. The van der Waals surface area contributed by atoms with Crippen LogP contribution in [0.15, 0.2) is 0 Å². The van der Waals surface area contributed by atoms with Gasteiger partial charge in [0.15, 0.2) is 0 Å². The third kappa shape index (κ3) is 5.85. The number of nitrogens with two attached hydrogens (primary N) is 1. The highest BCUT2D eigenvalue weighted by atomic mass is 32.1. The van der Waals surface area contributed by atoms with Crippen molar-refractivity contribution in [2.45, 2.75) is 6.92 Å². The van der Waals surface area contributed by atoms with E-state index in [1.165, 1.54) is 0 Å². The van der Waals surface area contributed by atoms with E-state index in [2.05, 4.69) is 5.32 Å². The largest absolute Gasteiger partial charge is 0.379 e. The van der Waals surface area contributed by atoms with Gasteiger partial charge in [-0.3, -0.25) is 0 Å². The van der Waals surface area contributed by atoms with Crippen molar-refractivity contribution in [2.75, 3.05) is 13.1 Å². The van der Waals surface area contributed by atoms with E-state index in [1.807, 2.05) is 6.92 Å². The van der Waals surface area contributed by atoms with Crippen LogP contribution in [0.3, 0.4) is 0 Å². The Morgan fingerprint density at radius 1 is 1.86 bits per heavy atom. The van der Waals surface area contributed by atoms with Crippen LogP contribution in [-0.4, -0.2) is 18.1 Å². The van der Waals surface area contributed by atoms with E-state index in [-0.39, 0.29) is 0 Å².